The van der Waals surface area contributed by atoms with Crippen LogP contribution in [0.25, 0.3) is 0 Å². The van der Waals surface area contributed by atoms with E-state index in [0.717, 1.165) is 10.6 Å². The van der Waals surface area contributed by atoms with Gasteiger partial charge in [-0.2, -0.15) is 0 Å². The van der Waals surface area contributed by atoms with Gasteiger partial charge in [0, 0.05) is 16.6 Å². The predicted molar refractivity (Wildman–Crippen MR) is 82.1 cm³/mol. The van der Waals surface area contributed by atoms with Crippen molar-refractivity contribution in [2.24, 2.45) is 0 Å². The lowest BCUT2D eigenvalue weighted by Gasteiger charge is -2.15. The molecule has 112 valence electrons. The first-order chi connectivity index (χ1) is 9.95. The van der Waals surface area contributed by atoms with Crippen molar-refractivity contribution in [1.82, 2.24) is 9.55 Å². The van der Waals surface area contributed by atoms with Crippen molar-refractivity contribution in [3.05, 3.63) is 49.3 Å². The van der Waals surface area contributed by atoms with Crippen molar-refractivity contribution in [2.75, 3.05) is 6.61 Å². The van der Waals surface area contributed by atoms with Crippen LogP contribution in [-0.2, 0) is 11.3 Å². The molecule has 0 fully saturated rings. The van der Waals surface area contributed by atoms with Crippen molar-refractivity contribution in [2.45, 2.75) is 34.2 Å². The summed E-state index contributed by atoms with van der Waals surface area (Å²) in [4.78, 5) is 29.5. The summed E-state index contributed by atoms with van der Waals surface area (Å²) in [6.45, 7) is 7.94. The maximum Gasteiger partial charge on any atom is 0.340 e. The van der Waals surface area contributed by atoms with Gasteiger partial charge >= 0.3 is 5.97 Å². The SMILES string of the molecule is CCOC(=O)c1c(C)cc(=O)n(Cc2scnc2C)c1C. The molecule has 21 heavy (non-hydrogen) atoms. The van der Waals surface area contributed by atoms with Crippen LogP contribution in [0.15, 0.2) is 16.4 Å². The Balaban J connectivity index is 2.51. The number of nitrogens with zero attached hydrogens (tertiary/aromatic N) is 2. The number of hydrogen-bond donors (Lipinski definition) is 0. The van der Waals surface area contributed by atoms with Gasteiger partial charge in [0.1, 0.15) is 0 Å². The van der Waals surface area contributed by atoms with Gasteiger partial charge in [-0.25, -0.2) is 9.78 Å². The monoisotopic (exact) mass is 306 g/mol. The Morgan fingerprint density at radius 1 is 1.38 bits per heavy atom. The van der Waals surface area contributed by atoms with E-state index in [1.807, 2.05) is 6.92 Å². The standard InChI is InChI=1S/C15H18N2O3S/c1-5-20-15(19)14-9(2)6-13(18)17(11(14)4)7-12-10(3)16-8-21-12/h6,8H,5,7H2,1-4H3. The quantitative estimate of drug-likeness (QED) is 0.814. The van der Waals surface area contributed by atoms with E-state index in [1.165, 1.54) is 17.4 Å². The number of hydrogen-bond acceptors (Lipinski definition) is 5. The third-order valence-electron chi connectivity index (χ3n) is 3.39. The fourth-order valence-electron chi connectivity index (χ4n) is 2.25. The number of ether oxygens (including phenoxy) is 1. The highest BCUT2D eigenvalue weighted by Crippen LogP contribution is 2.17. The summed E-state index contributed by atoms with van der Waals surface area (Å²) in [5.41, 5.74) is 4.29. The molecule has 0 unspecified atom stereocenters. The van der Waals surface area contributed by atoms with E-state index >= 15 is 0 Å². The lowest BCUT2D eigenvalue weighted by atomic mass is 10.1. The first-order valence-corrected chi connectivity index (χ1v) is 7.60. The molecule has 0 amide bonds. The minimum Gasteiger partial charge on any atom is -0.462 e. The fourth-order valence-corrected chi connectivity index (χ4v) is 3.02. The molecule has 2 aromatic rings. The molecule has 2 heterocycles. The van der Waals surface area contributed by atoms with Crippen LogP contribution in [0, 0.1) is 20.8 Å². The van der Waals surface area contributed by atoms with Gasteiger partial charge < -0.3 is 9.30 Å². The molecule has 0 aliphatic heterocycles. The zero-order chi connectivity index (χ0) is 15.6. The van der Waals surface area contributed by atoms with Gasteiger partial charge in [0.2, 0.25) is 0 Å². The second-order valence-electron chi connectivity index (χ2n) is 4.79. The van der Waals surface area contributed by atoms with E-state index in [-0.39, 0.29) is 11.5 Å². The van der Waals surface area contributed by atoms with Crippen LogP contribution in [0.4, 0.5) is 0 Å². The number of rotatable bonds is 4. The molecular formula is C15H18N2O3S. The van der Waals surface area contributed by atoms with E-state index in [0.29, 0.717) is 30.0 Å². The first-order valence-electron chi connectivity index (χ1n) is 6.72. The van der Waals surface area contributed by atoms with Crippen molar-refractivity contribution >= 4 is 17.3 Å². The van der Waals surface area contributed by atoms with Crippen LogP contribution in [-0.4, -0.2) is 22.1 Å². The molecule has 0 saturated carbocycles. The third-order valence-corrected chi connectivity index (χ3v) is 4.31. The summed E-state index contributed by atoms with van der Waals surface area (Å²) in [5.74, 6) is -0.387. The molecule has 0 radical (unpaired) electrons. The summed E-state index contributed by atoms with van der Waals surface area (Å²) in [5, 5.41) is 0. The van der Waals surface area contributed by atoms with E-state index in [1.54, 1.807) is 30.8 Å². The molecule has 0 aliphatic rings. The summed E-state index contributed by atoms with van der Waals surface area (Å²) < 4.78 is 6.68. The number of esters is 1. The predicted octanol–water partition coefficient (Wildman–Crippen LogP) is 2.46. The minimum atomic E-state index is -0.387. The van der Waals surface area contributed by atoms with E-state index in [4.69, 9.17) is 4.74 Å². The van der Waals surface area contributed by atoms with Gasteiger partial charge in [-0.15, -0.1) is 11.3 Å². The molecule has 2 rings (SSSR count). The van der Waals surface area contributed by atoms with Crippen LogP contribution in [0.5, 0.6) is 0 Å². The third kappa shape index (κ3) is 3.05. The Labute approximate surface area is 127 Å². The highest BCUT2D eigenvalue weighted by Gasteiger charge is 2.18. The molecule has 5 nitrogen and oxygen atoms in total. The Morgan fingerprint density at radius 3 is 2.67 bits per heavy atom. The van der Waals surface area contributed by atoms with Crippen LogP contribution >= 0.6 is 11.3 Å². The topological polar surface area (TPSA) is 61.2 Å². The maximum atomic E-state index is 12.2. The maximum absolute atomic E-state index is 12.2. The van der Waals surface area contributed by atoms with Crippen LogP contribution < -0.4 is 5.56 Å². The van der Waals surface area contributed by atoms with Gasteiger partial charge in [-0.1, -0.05) is 0 Å². The molecule has 0 aliphatic carbocycles. The van der Waals surface area contributed by atoms with Gasteiger partial charge in [-0.05, 0) is 33.3 Å². The van der Waals surface area contributed by atoms with E-state index in [9.17, 15) is 9.59 Å². The largest absolute Gasteiger partial charge is 0.462 e. The van der Waals surface area contributed by atoms with E-state index in [2.05, 4.69) is 4.98 Å². The number of aromatic nitrogens is 2. The molecule has 0 aromatic carbocycles. The molecule has 0 N–H and O–H groups in total. The molecule has 0 saturated heterocycles. The number of carbonyl (C=O) groups is 1. The fraction of sp³-hybridized carbons (Fsp3) is 0.400. The van der Waals surface area contributed by atoms with Crippen molar-refractivity contribution < 1.29 is 9.53 Å². The van der Waals surface area contributed by atoms with Gasteiger partial charge in [-0.3, -0.25) is 4.79 Å². The number of pyridine rings is 1. The molecule has 0 bridgehead atoms. The Morgan fingerprint density at radius 2 is 2.10 bits per heavy atom. The van der Waals surface area contributed by atoms with Gasteiger partial charge in [0.25, 0.3) is 5.56 Å². The minimum absolute atomic E-state index is 0.120. The summed E-state index contributed by atoms with van der Waals surface area (Å²) in [7, 11) is 0. The average molecular weight is 306 g/mol. The zero-order valence-corrected chi connectivity index (χ0v) is 13.4. The highest BCUT2D eigenvalue weighted by atomic mass is 32.1. The van der Waals surface area contributed by atoms with Gasteiger partial charge in [0.15, 0.2) is 0 Å². The molecule has 6 heteroatoms. The first kappa shape index (κ1) is 15.4. The van der Waals surface area contributed by atoms with E-state index < -0.39 is 0 Å². The van der Waals surface area contributed by atoms with Crippen LogP contribution in [0.3, 0.4) is 0 Å². The van der Waals surface area contributed by atoms with Crippen molar-refractivity contribution in [3.63, 3.8) is 0 Å². The summed E-state index contributed by atoms with van der Waals surface area (Å²) in [6.07, 6.45) is 0. The van der Waals surface area contributed by atoms with Crippen LogP contribution in [0.1, 0.15) is 39.1 Å². The molecule has 0 spiro atoms. The average Bonchev–Trinajstić information content (AvgIpc) is 2.80. The Hall–Kier alpha value is -1.95. The number of thiazole rings is 1. The summed E-state index contributed by atoms with van der Waals surface area (Å²) >= 11 is 1.50. The van der Waals surface area contributed by atoms with Crippen molar-refractivity contribution in [3.8, 4) is 0 Å². The highest BCUT2D eigenvalue weighted by molar-refractivity contribution is 7.09. The zero-order valence-electron chi connectivity index (χ0n) is 12.6. The Bertz CT molecular complexity index is 731. The lowest BCUT2D eigenvalue weighted by molar-refractivity contribution is 0.0523. The normalized spacial score (nSPS) is 10.7. The summed E-state index contributed by atoms with van der Waals surface area (Å²) in [6, 6.07) is 1.48. The smallest absolute Gasteiger partial charge is 0.340 e. The molecule has 0 atom stereocenters. The molecular weight excluding hydrogens is 288 g/mol. The number of aryl methyl sites for hydroxylation is 2. The lowest BCUT2D eigenvalue weighted by Crippen LogP contribution is -2.26. The Kier molecular flexibility index (Phi) is 4.57. The number of carbonyl (C=O) groups excluding carboxylic acids is 1. The second-order valence-corrected chi connectivity index (χ2v) is 5.73. The second kappa shape index (κ2) is 6.22. The van der Waals surface area contributed by atoms with Crippen LogP contribution in [0.2, 0.25) is 0 Å². The molecule has 2 aromatic heterocycles. The van der Waals surface area contributed by atoms with Crippen molar-refractivity contribution in [1.29, 1.82) is 0 Å². The van der Waals surface area contributed by atoms with Gasteiger partial charge in [0.05, 0.1) is 29.9 Å².